The van der Waals surface area contributed by atoms with Crippen LogP contribution in [0.4, 0.5) is 5.69 Å². The number of fused-ring (bicyclic) bond motifs is 1. The lowest BCUT2D eigenvalue weighted by Gasteiger charge is -2.35. The molecule has 10 heteroatoms. The number of nitrogens with zero attached hydrogens (tertiary/aromatic N) is 5. The fourth-order valence-electron chi connectivity index (χ4n) is 5.23. The van der Waals surface area contributed by atoms with Crippen LogP contribution < -0.4 is 4.90 Å². The van der Waals surface area contributed by atoms with Crippen molar-refractivity contribution in [2.45, 2.75) is 31.0 Å². The van der Waals surface area contributed by atoms with E-state index in [0.717, 1.165) is 48.6 Å². The molecule has 202 valence electrons. The van der Waals surface area contributed by atoms with Gasteiger partial charge in [-0.3, -0.25) is 4.98 Å². The molecular formula is C29H31N5O4S. The van der Waals surface area contributed by atoms with Crippen molar-refractivity contribution in [1.29, 1.82) is 0 Å². The highest BCUT2D eigenvalue weighted by atomic mass is 32.2. The minimum absolute atomic E-state index is 0.204. The van der Waals surface area contributed by atoms with Gasteiger partial charge in [-0.2, -0.15) is 4.31 Å². The van der Waals surface area contributed by atoms with Crippen LogP contribution in [0.15, 0.2) is 76.5 Å². The molecule has 0 spiro atoms. The van der Waals surface area contributed by atoms with Crippen LogP contribution in [0.3, 0.4) is 0 Å². The highest BCUT2D eigenvalue weighted by Gasteiger charge is 2.32. The Hall–Kier alpha value is -3.57. The van der Waals surface area contributed by atoms with E-state index in [0.29, 0.717) is 17.1 Å². The predicted molar refractivity (Wildman–Crippen MR) is 148 cm³/mol. The molecule has 1 atom stereocenters. The number of oxazole rings is 1. The van der Waals surface area contributed by atoms with Crippen molar-refractivity contribution in [3.8, 4) is 11.5 Å². The topological polar surface area (TPSA) is 103 Å². The summed E-state index contributed by atoms with van der Waals surface area (Å²) in [5, 5.41) is 11.3. The maximum atomic E-state index is 13.4. The molecule has 2 aromatic heterocycles. The van der Waals surface area contributed by atoms with E-state index in [2.05, 4.69) is 39.8 Å². The lowest BCUT2D eigenvalue weighted by atomic mass is 10.0. The van der Waals surface area contributed by atoms with Crippen LogP contribution in [0, 0.1) is 6.92 Å². The lowest BCUT2D eigenvalue weighted by Crippen LogP contribution is -2.44. The summed E-state index contributed by atoms with van der Waals surface area (Å²) in [4.78, 5) is 13.5. The first-order chi connectivity index (χ1) is 18.8. The van der Waals surface area contributed by atoms with Crippen molar-refractivity contribution in [3.05, 3.63) is 95.1 Å². The molecule has 1 saturated heterocycles. The van der Waals surface area contributed by atoms with Gasteiger partial charge in [-0.15, -0.1) is 0 Å². The summed E-state index contributed by atoms with van der Waals surface area (Å²) in [6, 6.07) is 14.4. The quantitative estimate of drug-likeness (QED) is 0.392. The van der Waals surface area contributed by atoms with E-state index in [1.807, 2.05) is 18.2 Å². The first kappa shape index (κ1) is 25.7. The van der Waals surface area contributed by atoms with Gasteiger partial charge >= 0.3 is 0 Å². The average molecular weight is 546 g/mol. The van der Waals surface area contributed by atoms with E-state index in [1.54, 1.807) is 36.7 Å². The number of aliphatic hydroxyl groups excluding tert-OH is 1. The van der Waals surface area contributed by atoms with Gasteiger partial charge in [-0.25, -0.2) is 13.4 Å². The Labute approximate surface area is 228 Å². The Balaban J connectivity index is 1.20. The molecule has 0 bridgehead atoms. The molecule has 0 radical (unpaired) electrons. The molecule has 0 aliphatic carbocycles. The second-order valence-corrected chi connectivity index (χ2v) is 12.2. The third-order valence-corrected chi connectivity index (χ3v) is 9.45. The van der Waals surface area contributed by atoms with Crippen molar-refractivity contribution in [1.82, 2.24) is 19.2 Å². The Morgan fingerprint density at radius 1 is 0.949 bits per heavy atom. The molecule has 6 rings (SSSR count). The van der Waals surface area contributed by atoms with Crippen LogP contribution in [0.25, 0.3) is 11.5 Å². The molecule has 2 aliphatic heterocycles. The molecule has 2 aliphatic rings. The number of aromatic nitrogens is 2. The van der Waals surface area contributed by atoms with Gasteiger partial charge in [-0.05, 0) is 72.6 Å². The summed E-state index contributed by atoms with van der Waals surface area (Å²) < 4.78 is 33.5. The Morgan fingerprint density at radius 2 is 1.69 bits per heavy atom. The number of hydrogen-bond donors (Lipinski definition) is 1. The van der Waals surface area contributed by atoms with Gasteiger partial charge in [0.05, 0.1) is 16.8 Å². The zero-order valence-corrected chi connectivity index (χ0v) is 22.8. The van der Waals surface area contributed by atoms with Gasteiger partial charge in [0.15, 0.2) is 0 Å². The predicted octanol–water partition coefficient (Wildman–Crippen LogP) is 3.58. The van der Waals surface area contributed by atoms with Crippen molar-refractivity contribution < 1.29 is 17.9 Å². The number of aliphatic hydroxyl groups is 1. The van der Waals surface area contributed by atoms with E-state index in [1.165, 1.54) is 16.1 Å². The van der Waals surface area contributed by atoms with Crippen LogP contribution in [-0.4, -0.2) is 65.9 Å². The number of piperazine rings is 1. The van der Waals surface area contributed by atoms with Gasteiger partial charge in [0, 0.05) is 56.7 Å². The fourth-order valence-corrected chi connectivity index (χ4v) is 6.62. The van der Waals surface area contributed by atoms with Gasteiger partial charge in [-0.1, -0.05) is 12.1 Å². The largest absolute Gasteiger partial charge is 0.445 e. The smallest absolute Gasteiger partial charge is 0.243 e. The summed E-state index contributed by atoms with van der Waals surface area (Å²) in [6.45, 7) is 6.45. The van der Waals surface area contributed by atoms with Gasteiger partial charge in [0.2, 0.25) is 15.9 Å². The van der Waals surface area contributed by atoms with Gasteiger partial charge in [0.1, 0.15) is 12.4 Å². The Kier molecular flexibility index (Phi) is 6.72. The molecule has 39 heavy (non-hydrogen) atoms. The van der Waals surface area contributed by atoms with E-state index >= 15 is 0 Å². The fraction of sp³-hybridized carbons (Fsp3) is 0.310. The number of rotatable bonds is 6. The first-order valence-corrected chi connectivity index (χ1v) is 14.4. The second-order valence-electron chi connectivity index (χ2n) is 10.3. The van der Waals surface area contributed by atoms with Crippen LogP contribution in [0.5, 0.6) is 0 Å². The number of aryl methyl sites for hydroxylation is 1. The van der Waals surface area contributed by atoms with Crippen LogP contribution in [0.1, 0.15) is 34.1 Å². The number of likely N-dealkylation sites (N-methyl/N-ethyl adjacent to an activating group) is 1. The summed E-state index contributed by atoms with van der Waals surface area (Å²) in [5.41, 5.74) is 5.99. The molecule has 2 aromatic carbocycles. The number of hydrogen-bond acceptors (Lipinski definition) is 8. The second kappa shape index (κ2) is 10.2. The maximum absolute atomic E-state index is 13.4. The highest BCUT2D eigenvalue weighted by Crippen LogP contribution is 2.33. The standard InChI is InChI=1S/C29H31N5O4S/c1-20-3-4-22(16-27(20)33-12-10-32(2)11-13-33)28(35)26-15-23-18-34(19-24(23)17-31-26)39(36,37)25-7-5-21(6-8-25)29-30-9-14-38-29/h3-9,14-17,28,35H,10-13,18-19H2,1-2H3/t28-/m1/s1. The summed E-state index contributed by atoms with van der Waals surface area (Å²) in [5.74, 6) is 0.439. The molecule has 0 unspecified atom stereocenters. The monoisotopic (exact) mass is 545 g/mol. The summed E-state index contributed by atoms with van der Waals surface area (Å²) >= 11 is 0. The average Bonchev–Trinajstić information content (AvgIpc) is 3.64. The minimum Gasteiger partial charge on any atom is -0.445 e. The van der Waals surface area contributed by atoms with Crippen LogP contribution >= 0.6 is 0 Å². The maximum Gasteiger partial charge on any atom is 0.243 e. The molecule has 4 aromatic rings. The molecule has 1 fully saturated rings. The Morgan fingerprint density at radius 3 is 2.41 bits per heavy atom. The SMILES string of the molecule is Cc1ccc([C@@H](O)c2cc3c(cn2)CN(S(=O)(=O)c2ccc(-c4ncco4)cc2)C3)cc1N1CCN(C)CC1. The summed E-state index contributed by atoms with van der Waals surface area (Å²) in [7, 11) is -1.59. The van der Waals surface area contributed by atoms with E-state index in [-0.39, 0.29) is 18.0 Å². The Bertz CT molecular complexity index is 1580. The molecule has 4 heterocycles. The molecule has 0 saturated carbocycles. The van der Waals surface area contributed by atoms with E-state index in [9.17, 15) is 13.5 Å². The number of sulfonamides is 1. The van der Waals surface area contributed by atoms with Crippen LogP contribution in [0.2, 0.25) is 0 Å². The van der Waals surface area contributed by atoms with Crippen molar-refractivity contribution in [2.75, 3.05) is 38.1 Å². The highest BCUT2D eigenvalue weighted by molar-refractivity contribution is 7.89. The number of anilines is 1. The number of pyridine rings is 1. The van der Waals surface area contributed by atoms with E-state index < -0.39 is 16.1 Å². The molecular weight excluding hydrogens is 514 g/mol. The number of benzene rings is 2. The molecule has 0 amide bonds. The van der Waals surface area contributed by atoms with Crippen molar-refractivity contribution in [2.24, 2.45) is 0 Å². The van der Waals surface area contributed by atoms with Crippen LogP contribution in [-0.2, 0) is 23.1 Å². The normalized spacial score (nSPS) is 17.4. The summed E-state index contributed by atoms with van der Waals surface area (Å²) in [6.07, 6.45) is 3.80. The zero-order chi connectivity index (χ0) is 27.1. The van der Waals surface area contributed by atoms with Gasteiger partial charge < -0.3 is 19.3 Å². The van der Waals surface area contributed by atoms with E-state index in [4.69, 9.17) is 4.42 Å². The van der Waals surface area contributed by atoms with Gasteiger partial charge in [0.25, 0.3) is 0 Å². The van der Waals surface area contributed by atoms with Crippen molar-refractivity contribution in [3.63, 3.8) is 0 Å². The molecule has 1 N–H and O–H groups in total. The first-order valence-electron chi connectivity index (χ1n) is 13.0. The lowest BCUT2D eigenvalue weighted by molar-refractivity contribution is 0.215. The third-order valence-electron chi connectivity index (χ3n) is 7.64. The molecule has 9 nitrogen and oxygen atoms in total. The minimum atomic E-state index is -3.72. The zero-order valence-electron chi connectivity index (χ0n) is 22.0. The van der Waals surface area contributed by atoms with Crippen molar-refractivity contribution >= 4 is 15.7 Å². The third kappa shape index (κ3) is 4.96.